The number of aromatic amines is 1. The number of hydrogen-bond donors (Lipinski definition) is 3. The van der Waals surface area contributed by atoms with E-state index in [0.29, 0.717) is 28.1 Å². The van der Waals surface area contributed by atoms with Crippen LogP contribution in [0.5, 0.6) is 0 Å². The second-order valence-corrected chi connectivity index (χ2v) is 7.54. The molecule has 0 radical (unpaired) electrons. The number of thiophene rings is 1. The Morgan fingerprint density at radius 3 is 2.78 bits per heavy atom. The molecule has 2 amide bonds. The van der Waals surface area contributed by atoms with Gasteiger partial charge >= 0.3 is 0 Å². The average Bonchev–Trinajstić information content (AvgIpc) is 3.40. The molecular weight excluding hydrogens is 382 g/mol. The van der Waals surface area contributed by atoms with Crippen LogP contribution in [0.3, 0.4) is 0 Å². The minimum Gasteiger partial charge on any atom is -0.349 e. The third kappa shape index (κ3) is 4.21. The molecule has 9 heteroatoms. The molecule has 0 unspecified atom stereocenters. The van der Waals surface area contributed by atoms with Crippen LogP contribution in [0.15, 0.2) is 47.2 Å². The van der Waals surface area contributed by atoms with Crippen molar-refractivity contribution in [3.05, 3.63) is 63.6 Å². The van der Waals surface area contributed by atoms with Gasteiger partial charge in [-0.1, -0.05) is 18.2 Å². The molecule has 0 aliphatic carbocycles. The Morgan fingerprint density at radius 1 is 1.07 bits per heavy atom. The number of imidazole rings is 1. The van der Waals surface area contributed by atoms with Crippen molar-refractivity contribution in [1.29, 1.82) is 0 Å². The summed E-state index contributed by atoms with van der Waals surface area (Å²) in [4.78, 5) is 36.7. The molecule has 1 aromatic carbocycles. The summed E-state index contributed by atoms with van der Waals surface area (Å²) in [7, 11) is 0. The largest absolute Gasteiger partial charge is 0.349 e. The highest BCUT2D eigenvalue weighted by Gasteiger charge is 2.12. The lowest BCUT2D eigenvalue weighted by atomic mass is 10.3. The van der Waals surface area contributed by atoms with Gasteiger partial charge in [-0.05, 0) is 23.6 Å². The zero-order valence-electron chi connectivity index (χ0n) is 14.1. The number of benzene rings is 1. The first-order valence-corrected chi connectivity index (χ1v) is 9.93. The highest BCUT2D eigenvalue weighted by Crippen LogP contribution is 2.18. The van der Waals surface area contributed by atoms with E-state index < -0.39 is 0 Å². The van der Waals surface area contributed by atoms with Crippen molar-refractivity contribution < 1.29 is 9.59 Å². The minimum absolute atomic E-state index is 0.144. The molecule has 4 rings (SSSR count). The third-order valence-electron chi connectivity index (χ3n) is 3.75. The zero-order valence-corrected chi connectivity index (χ0v) is 15.7. The van der Waals surface area contributed by atoms with Crippen molar-refractivity contribution in [2.45, 2.75) is 13.0 Å². The van der Waals surface area contributed by atoms with E-state index in [9.17, 15) is 9.59 Å². The number of aromatic nitrogens is 3. The van der Waals surface area contributed by atoms with E-state index in [4.69, 9.17) is 0 Å². The van der Waals surface area contributed by atoms with Gasteiger partial charge in [0.25, 0.3) is 5.91 Å². The van der Waals surface area contributed by atoms with Crippen LogP contribution in [0.4, 0.5) is 5.13 Å². The molecule has 4 aromatic rings. The summed E-state index contributed by atoms with van der Waals surface area (Å²) in [5.41, 5.74) is 2.42. The van der Waals surface area contributed by atoms with E-state index in [0.717, 1.165) is 11.0 Å². The van der Waals surface area contributed by atoms with E-state index >= 15 is 0 Å². The first-order valence-electron chi connectivity index (χ1n) is 8.17. The zero-order chi connectivity index (χ0) is 18.6. The molecule has 7 nitrogen and oxygen atoms in total. The van der Waals surface area contributed by atoms with Crippen molar-refractivity contribution in [3.8, 4) is 0 Å². The standard InChI is InChI=1S/C18H15N5O2S2/c24-16(19-9-15-21-12-4-1-2-5-13(12)22-15)8-11-10-27-18(20-11)23-17(25)14-6-3-7-26-14/h1-7,10H,8-9H2,(H,19,24)(H,21,22)(H,20,23,25). The smallest absolute Gasteiger partial charge is 0.267 e. The molecule has 3 heterocycles. The molecule has 3 N–H and O–H groups in total. The van der Waals surface area contributed by atoms with Crippen LogP contribution in [-0.2, 0) is 17.8 Å². The van der Waals surface area contributed by atoms with E-state index in [2.05, 4.69) is 25.6 Å². The number of para-hydroxylation sites is 2. The second kappa shape index (κ2) is 7.68. The van der Waals surface area contributed by atoms with Crippen molar-refractivity contribution >= 4 is 50.7 Å². The summed E-state index contributed by atoms with van der Waals surface area (Å²) < 4.78 is 0. The van der Waals surface area contributed by atoms with Gasteiger partial charge in [0.2, 0.25) is 5.91 Å². The molecule has 136 valence electrons. The predicted octanol–water partition coefficient (Wildman–Crippen LogP) is 3.19. The topological polar surface area (TPSA) is 99.8 Å². The molecule has 0 bridgehead atoms. The van der Waals surface area contributed by atoms with Crippen LogP contribution < -0.4 is 10.6 Å². The van der Waals surface area contributed by atoms with Gasteiger partial charge in [-0.2, -0.15) is 0 Å². The molecule has 0 fully saturated rings. The van der Waals surface area contributed by atoms with Crippen LogP contribution in [-0.4, -0.2) is 26.8 Å². The van der Waals surface area contributed by atoms with Crippen molar-refractivity contribution in [2.24, 2.45) is 0 Å². The molecule has 27 heavy (non-hydrogen) atoms. The van der Waals surface area contributed by atoms with Crippen LogP contribution >= 0.6 is 22.7 Å². The Hall–Kier alpha value is -3.04. The van der Waals surface area contributed by atoms with Gasteiger partial charge in [0.05, 0.1) is 34.6 Å². The third-order valence-corrected chi connectivity index (χ3v) is 5.43. The molecule has 3 aromatic heterocycles. The molecule has 0 atom stereocenters. The van der Waals surface area contributed by atoms with Gasteiger partial charge in [-0.25, -0.2) is 9.97 Å². The Morgan fingerprint density at radius 2 is 1.96 bits per heavy atom. The Labute approximate surface area is 162 Å². The number of thiazole rings is 1. The van der Waals surface area contributed by atoms with Crippen LogP contribution in [0.2, 0.25) is 0 Å². The fourth-order valence-corrected chi connectivity index (χ4v) is 3.83. The first kappa shape index (κ1) is 17.4. The fourth-order valence-electron chi connectivity index (χ4n) is 2.51. The maximum Gasteiger partial charge on any atom is 0.267 e. The first-order chi connectivity index (χ1) is 13.2. The SMILES string of the molecule is O=C(Cc1csc(NC(=O)c2cccs2)n1)NCc1nc2ccccc2[nH]1. The number of anilines is 1. The summed E-state index contributed by atoms with van der Waals surface area (Å²) in [6, 6.07) is 11.3. The number of H-pyrrole nitrogens is 1. The number of hydrogen-bond acceptors (Lipinski definition) is 6. The maximum absolute atomic E-state index is 12.1. The second-order valence-electron chi connectivity index (χ2n) is 5.73. The number of rotatable bonds is 6. The van der Waals surface area contributed by atoms with Crippen molar-refractivity contribution in [3.63, 3.8) is 0 Å². The summed E-state index contributed by atoms with van der Waals surface area (Å²) in [6.45, 7) is 0.319. The van der Waals surface area contributed by atoms with Gasteiger partial charge in [0.15, 0.2) is 5.13 Å². The highest BCUT2D eigenvalue weighted by atomic mass is 32.1. The molecule has 0 saturated carbocycles. The summed E-state index contributed by atoms with van der Waals surface area (Å²) in [5, 5.41) is 9.66. The lowest BCUT2D eigenvalue weighted by Gasteiger charge is -2.01. The monoisotopic (exact) mass is 397 g/mol. The normalized spacial score (nSPS) is 10.8. The number of nitrogens with zero attached hydrogens (tertiary/aromatic N) is 2. The van der Waals surface area contributed by atoms with E-state index in [1.165, 1.54) is 22.7 Å². The maximum atomic E-state index is 12.1. The van der Waals surface area contributed by atoms with E-state index in [1.54, 1.807) is 11.4 Å². The lowest BCUT2D eigenvalue weighted by molar-refractivity contribution is -0.120. The van der Waals surface area contributed by atoms with Crippen molar-refractivity contribution in [2.75, 3.05) is 5.32 Å². The Kier molecular flexibility index (Phi) is 4.95. The summed E-state index contributed by atoms with van der Waals surface area (Å²) >= 11 is 2.66. The van der Waals surface area contributed by atoms with Crippen molar-refractivity contribution in [1.82, 2.24) is 20.3 Å². The predicted molar refractivity (Wildman–Crippen MR) is 106 cm³/mol. The number of amides is 2. The molecule has 0 aliphatic rings. The summed E-state index contributed by atoms with van der Waals surface area (Å²) in [5.74, 6) is 0.351. The van der Waals surface area contributed by atoms with Crippen LogP contribution in [0.1, 0.15) is 21.2 Å². The van der Waals surface area contributed by atoms with E-state index in [-0.39, 0.29) is 18.2 Å². The molecule has 0 saturated heterocycles. The average molecular weight is 397 g/mol. The fraction of sp³-hybridized carbons (Fsp3) is 0.111. The van der Waals surface area contributed by atoms with Gasteiger partial charge in [-0.15, -0.1) is 22.7 Å². The van der Waals surface area contributed by atoms with Gasteiger partial charge in [-0.3, -0.25) is 14.9 Å². The number of nitrogens with one attached hydrogen (secondary N) is 3. The Balaban J connectivity index is 1.30. The lowest BCUT2D eigenvalue weighted by Crippen LogP contribution is -2.25. The molecule has 0 aliphatic heterocycles. The van der Waals surface area contributed by atoms with Gasteiger partial charge in [0.1, 0.15) is 5.82 Å². The summed E-state index contributed by atoms with van der Waals surface area (Å²) in [6.07, 6.45) is 0.144. The molecule has 0 spiro atoms. The van der Waals surface area contributed by atoms with Gasteiger partial charge in [0, 0.05) is 5.38 Å². The van der Waals surface area contributed by atoms with Crippen LogP contribution in [0.25, 0.3) is 11.0 Å². The molecular formula is C18H15N5O2S2. The number of fused-ring (bicyclic) bond motifs is 1. The minimum atomic E-state index is -0.194. The van der Waals surface area contributed by atoms with Crippen LogP contribution in [0, 0.1) is 0 Å². The quantitative estimate of drug-likeness (QED) is 0.465. The number of carbonyl (C=O) groups excluding carboxylic acids is 2. The van der Waals surface area contributed by atoms with Gasteiger partial charge < -0.3 is 10.3 Å². The Bertz CT molecular complexity index is 1050. The van der Waals surface area contributed by atoms with E-state index in [1.807, 2.05) is 35.7 Å². The number of carbonyl (C=O) groups is 2. The highest BCUT2D eigenvalue weighted by molar-refractivity contribution is 7.14.